The topological polar surface area (TPSA) is 32.6 Å². The predicted octanol–water partition coefficient (Wildman–Crippen LogP) is 2.97. The van der Waals surface area contributed by atoms with Crippen LogP contribution >= 0.6 is 0 Å². The maximum Gasteiger partial charge on any atom is 0.0571 e. The van der Waals surface area contributed by atoms with E-state index in [0.29, 0.717) is 0 Å². The van der Waals surface area contributed by atoms with Crippen molar-refractivity contribution in [1.82, 2.24) is 0 Å². The maximum atomic E-state index is 8.46. The van der Waals surface area contributed by atoms with Crippen molar-refractivity contribution in [3.05, 3.63) is 11.6 Å². The van der Waals surface area contributed by atoms with Gasteiger partial charge in [0.25, 0.3) is 0 Å². The van der Waals surface area contributed by atoms with Gasteiger partial charge in [0.1, 0.15) is 0 Å². The number of oxime groups is 1. The number of rotatable bonds is 4. The van der Waals surface area contributed by atoms with Crippen molar-refractivity contribution in [2.75, 3.05) is 0 Å². The van der Waals surface area contributed by atoms with Crippen molar-refractivity contribution in [3.8, 4) is 0 Å². The fourth-order valence-electron chi connectivity index (χ4n) is 0.825. The highest BCUT2D eigenvalue weighted by Gasteiger charge is 1.93. The molecule has 0 spiro atoms. The van der Waals surface area contributed by atoms with Gasteiger partial charge < -0.3 is 5.21 Å². The van der Waals surface area contributed by atoms with Gasteiger partial charge in [-0.05, 0) is 33.1 Å². The summed E-state index contributed by atoms with van der Waals surface area (Å²) in [5.74, 6) is 0. The average Bonchev–Trinajstić information content (AvgIpc) is 1.98. The summed E-state index contributed by atoms with van der Waals surface area (Å²) in [5.41, 5.74) is 2.20. The number of hydrogen-bond acceptors (Lipinski definition) is 2. The molecule has 0 aromatic rings. The molecule has 0 aromatic heterocycles. The maximum absolute atomic E-state index is 8.46. The monoisotopic (exact) mass is 155 g/mol. The van der Waals surface area contributed by atoms with Crippen LogP contribution in [0.5, 0.6) is 0 Å². The predicted molar refractivity (Wildman–Crippen MR) is 48.2 cm³/mol. The number of nitrogens with zero attached hydrogens (tertiary/aromatic N) is 1. The molecule has 0 radical (unpaired) electrons. The molecular formula is C9H17NO. The minimum atomic E-state index is 0.840. The van der Waals surface area contributed by atoms with E-state index in [4.69, 9.17) is 5.21 Å². The van der Waals surface area contributed by atoms with Gasteiger partial charge in [-0.3, -0.25) is 0 Å². The van der Waals surface area contributed by atoms with Gasteiger partial charge in [-0.15, -0.1) is 0 Å². The first-order chi connectivity index (χ1) is 5.20. The Hall–Kier alpha value is -0.790. The van der Waals surface area contributed by atoms with E-state index in [1.807, 2.05) is 6.92 Å². The molecule has 0 saturated heterocycles. The van der Waals surface area contributed by atoms with Crippen molar-refractivity contribution < 1.29 is 5.21 Å². The Kier molecular flexibility index (Phi) is 5.53. The highest BCUT2D eigenvalue weighted by molar-refractivity contribution is 5.83. The number of hydrogen-bond donors (Lipinski definition) is 1. The standard InChI is InChI=1S/C9H17NO/c1-4-9(10-11)7-5-6-8(2)3/h6,11H,4-5,7H2,1-3H3/b10-9+. The zero-order valence-corrected chi connectivity index (χ0v) is 7.59. The normalized spacial score (nSPS) is 11.4. The summed E-state index contributed by atoms with van der Waals surface area (Å²) >= 11 is 0. The summed E-state index contributed by atoms with van der Waals surface area (Å²) in [6.45, 7) is 6.14. The number of allylic oxidation sites excluding steroid dienone is 2. The molecule has 11 heavy (non-hydrogen) atoms. The van der Waals surface area contributed by atoms with Crippen LogP contribution in [0.1, 0.15) is 40.0 Å². The van der Waals surface area contributed by atoms with Crippen molar-refractivity contribution in [2.45, 2.75) is 40.0 Å². The van der Waals surface area contributed by atoms with Gasteiger partial charge in [0.05, 0.1) is 5.71 Å². The zero-order chi connectivity index (χ0) is 8.69. The van der Waals surface area contributed by atoms with Gasteiger partial charge in [-0.1, -0.05) is 23.7 Å². The smallest absolute Gasteiger partial charge is 0.0571 e. The molecule has 0 aromatic carbocycles. The SMILES string of the molecule is CC/C(CCC=C(C)C)=N\O. The van der Waals surface area contributed by atoms with E-state index in [1.165, 1.54) is 5.57 Å². The van der Waals surface area contributed by atoms with E-state index in [0.717, 1.165) is 25.0 Å². The van der Waals surface area contributed by atoms with Crippen molar-refractivity contribution in [3.63, 3.8) is 0 Å². The Balaban J connectivity index is 3.61. The summed E-state index contributed by atoms with van der Waals surface area (Å²) in [4.78, 5) is 0. The lowest BCUT2D eigenvalue weighted by Gasteiger charge is -1.96. The first-order valence-electron chi connectivity index (χ1n) is 4.03. The lowest BCUT2D eigenvalue weighted by Crippen LogP contribution is -1.94. The van der Waals surface area contributed by atoms with Crippen LogP contribution in [0.4, 0.5) is 0 Å². The molecule has 1 N–H and O–H groups in total. The van der Waals surface area contributed by atoms with Gasteiger partial charge in [-0.2, -0.15) is 0 Å². The first-order valence-corrected chi connectivity index (χ1v) is 4.03. The van der Waals surface area contributed by atoms with Crippen LogP contribution in [0, 0.1) is 0 Å². The molecule has 0 fully saturated rings. The van der Waals surface area contributed by atoms with Gasteiger partial charge in [0.15, 0.2) is 0 Å². The molecule has 0 amide bonds. The van der Waals surface area contributed by atoms with Crippen molar-refractivity contribution in [2.24, 2.45) is 5.16 Å². The molecule has 64 valence electrons. The first kappa shape index (κ1) is 10.2. The molecule has 0 heterocycles. The largest absolute Gasteiger partial charge is 0.411 e. The minimum Gasteiger partial charge on any atom is -0.411 e. The molecule has 0 aliphatic rings. The van der Waals surface area contributed by atoms with E-state index in [-0.39, 0.29) is 0 Å². The Morgan fingerprint density at radius 1 is 1.45 bits per heavy atom. The van der Waals surface area contributed by atoms with Crippen LogP contribution in [0.2, 0.25) is 0 Å². The van der Waals surface area contributed by atoms with Crippen molar-refractivity contribution in [1.29, 1.82) is 0 Å². The third-order valence-corrected chi connectivity index (χ3v) is 1.54. The van der Waals surface area contributed by atoms with Gasteiger partial charge >= 0.3 is 0 Å². The molecule has 2 nitrogen and oxygen atoms in total. The van der Waals surface area contributed by atoms with E-state index < -0.39 is 0 Å². The molecule has 0 atom stereocenters. The van der Waals surface area contributed by atoms with Crippen LogP contribution in [0.15, 0.2) is 16.8 Å². The second-order valence-electron chi connectivity index (χ2n) is 2.84. The molecule has 0 aliphatic heterocycles. The van der Waals surface area contributed by atoms with E-state index in [1.54, 1.807) is 0 Å². The van der Waals surface area contributed by atoms with E-state index in [2.05, 4.69) is 25.1 Å². The van der Waals surface area contributed by atoms with Crippen molar-refractivity contribution >= 4 is 5.71 Å². The van der Waals surface area contributed by atoms with Crippen LogP contribution in [-0.4, -0.2) is 10.9 Å². The van der Waals surface area contributed by atoms with Gasteiger partial charge in [-0.25, -0.2) is 0 Å². The summed E-state index contributed by atoms with van der Waals surface area (Å²) in [6.07, 6.45) is 4.85. The van der Waals surface area contributed by atoms with Crippen LogP contribution < -0.4 is 0 Å². The second-order valence-corrected chi connectivity index (χ2v) is 2.84. The van der Waals surface area contributed by atoms with Crippen LogP contribution in [0.25, 0.3) is 0 Å². The fourth-order valence-corrected chi connectivity index (χ4v) is 0.825. The summed E-state index contributed by atoms with van der Waals surface area (Å²) in [7, 11) is 0. The Morgan fingerprint density at radius 2 is 2.09 bits per heavy atom. The lowest BCUT2D eigenvalue weighted by atomic mass is 10.1. The quantitative estimate of drug-likeness (QED) is 0.288. The van der Waals surface area contributed by atoms with Crippen LogP contribution in [0.3, 0.4) is 0 Å². The second kappa shape index (κ2) is 5.96. The lowest BCUT2D eigenvalue weighted by molar-refractivity contribution is 0.316. The van der Waals surface area contributed by atoms with E-state index in [9.17, 15) is 0 Å². The van der Waals surface area contributed by atoms with Gasteiger partial charge in [0.2, 0.25) is 0 Å². The Bertz CT molecular complexity index is 155. The molecule has 0 rings (SSSR count). The summed E-state index contributed by atoms with van der Waals surface area (Å²) in [6, 6.07) is 0. The zero-order valence-electron chi connectivity index (χ0n) is 7.59. The molecule has 0 aliphatic carbocycles. The summed E-state index contributed by atoms with van der Waals surface area (Å²) < 4.78 is 0. The molecule has 0 bridgehead atoms. The molecule has 0 saturated carbocycles. The molecule has 0 unspecified atom stereocenters. The summed E-state index contributed by atoms with van der Waals surface area (Å²) in [5, 5.41) is 11.6. The van der Waals surface area contributed by atoms with Crippen LogP contribution in [-0.2, 0) is 0 Å². The minimum absolute atomic E-state index is 0.840. The van der Waals surface area contributed by atoms with Gasteiger partial charge in [0, 0.05) is 0 Å². The molecule has 2 heteroatoms. The highest BCUT2D eigenvalue weighted by atomic mass is 16.4. The molecular weight excluding hydrogens is 138 g/mol. The Labute approximate surface area is 68.6 Å². The average molecular weight is 155 g/mol. The Morgan fingerprint density at radius 3 is 2.45 bits per heavy atom. The van der Waals surface area contributed by atoms with E-state index >= 15 is 0 Å². The highest BCUT2D eigenvalue weighted by Crippen LogP contribution is 2.00. The third kappa shape index (κ3) is 5.64. The third-order valence-electron chi connectivity index (χ3n) is 1.54. The fraction of sp³-hybridized carbons (Fsp3) is 0.667.